The van der Waals surface area contributed by atoms with Gasteiger partial charge in [0.2, 0.25) is 0 Å². The SMILES string of the molecule is CC(C)(C)OC(=O)C1OC=NC1=O. The van der Waals surface area contributed by atoms with E-state index in [0.717, 1.165) is 6.40 Å². The zero-order valence-electron chi connectivity index (χ0n) is 7.73. The summed E-state index contributed by atoms with van der Waals surface area (Å²) in [6, 6.07) is 0. The van der Waals surface area contributed by atoms with Crippen LogP contribution in [-0.4, -0.2) is 30.0 Å². The topological polar surface area (TPSA) is 65.0 Å². The molecule has 0 N–H and O–H groups in total. The fourth-order valence-corrected chi connectivity index (χ4v) is 0.781. The molecule has 0 aliphatic carbocycles. The molecule has 72 valence electrons. The highest BCUT2D eigenvalue weighted by Gasteiger charge is 2.35. The van der Waals surface area contributed by atoms with E-state index in [9.17, 15) is 9.59 Å². The second-order valence-electron chi connectivity index (χ2n) is 3.62. The maximum Gasteiger partial charge on any atom is 0.358 e. The molecule has 0 saturated heterocycles. The average Bonchev–Trinajstić information content (AvgIpc) is 2.30. The Hall–Kier alpha value is -1.39. The van der Waals surface area contributed by atoms with Crippen LogP contribution in [0.2, 0.25) is 0 Å². The second-order valence-corrected chi connectivity index (χ2v) is 3.62. The minimum atomic E-state index is -1.21. The highest BCUT2D eigenvalue weighted by Crippen LogP contribution is 2.11. The van der Waals surface area contributed by atoms with Crippen molar-refractivity contribution >= 4 is 18.3 Å². The lowest BCUT2D eigenvalue weighted by Crippen LogP contribution is -2.35. The summed E-state index contributed by atoms with van der Waals surface area (Å²) in [6.07, 6.45) is -0.254. The lowest BCUT2D eigenvalue weighted by Gasteiger charge is -2.20. The van der Waals surface area contributed by atoms with Crippen molar-refractivity contribution in [1.82, 2.24) is 0 Å². The number of hydrogen-bond donors (Lipinski definition) is 0. The van der Waals surface area contributed by atoms with Gasteiger partial charge in [0.15, 0.2) is 6.40 Å². The van der Waals surface area contributed by atoms with Gasteiger partial charge in [0.05, 0.1) is 0 Å². The Balaban J connectivity index is 2.55. The number of carbonyl (C=O) groups excluding carboxylic acids is 2. The van der Waals surface area contributed by atoms with E-state index in [-0.39, 0.29) is 0 Å². The first-order valence-electron chi connectivity index (χ1n) is 3.85. The summed E-state index contributed by atoms with van der Waals surface area (Å²) < 4.78 is 9.58. The smallest absolute Gasteiger partial charge is 0.358 e. The summed E-state index contributed by atoms with van der Waals surface area (Å²) >= 11 is 0. The molecule has 1 aliphatic rings. The van der Waals surface area contributed by atoms with E-state index in [1.807, 2.05) is 0 Å². The second kappa shape index (κ2) is 3.16. The van der Waals surface area contributed by atoms with Crippen molar-refractivity contribution in [2.75, 3.05) is 0 Å². The fraction of sp³-hybridized carbons (Fsp3) is 0.625. The van der Waals surface area contributed by atoms with E-state index in [2.05, 4.69) is 9.73 Å². The highest BCUT2D eigenvalue weighted by atomic mass is 16.6. The Morgan fingerprint density at radius 1 is 1.62 bits per heavy atom. The van der Waals surface area contributed by atoms with Crippen molar-refractivity contribution in [2.45, 2.75) is 32.5 Å². The molecule has 1 atom stereocenters. The molecule has 5 nitrogen and oxygen atoms in total. The molecule has 0 spiro atoms. The van der Waals surface area contributed by atoms with Gasteiger partial charge in [-0.05, 0) is 20.8 Å². The Morgan fingerprint density at radius 2 is 2.23 bits per heavy atom. The van der Waals surface area contributed by atoms with Gasteiger partial charge >= 0.3 is 11.9 Å². The summed E-state index contributed by atoms with van der Waals surface area (Å²) in [6.45, 7) is 5.14. The molecule has 0 saturated carbocycles. The number of esters is 1. The predicted octanol–water partition coefficient (Wildman–Crippen LogP) is 0.282. The molecular weight excluding hydrogens is 174 g/mol. The van der Waals surface area contributed by atoms with Crippen molar-refractivity contribution in [3.63, 3.8) is 0 Å². The monoisotopic (exact) mass is 185 g/mol. The van der Waals surface area contributed by atoms with Crippen LogP contribution < -0.4 is 0 Å². The van der Waals surface area contributed by atoms with Crippen molar-refractivity contribution in [3.05, 3.63) is 0 Å². The van der Waals surface area contributed by atoms with Gasteiger partial charge in [0.1, 0.15) is 5.60 Å². The summed E-state index contributed by atoms with van der Waals surface area (Å²) in [5, 5.41) is 0. The van der Waals surface area contributed by atoms with Crippen LogP contribution in [-0.2, 0) is 19.1 Å². The lowest BCUT2D eigenvalue weighted by molar-refractivity contribution is -0.164. The normalized spacial score (nSPS) is 21.5. The molecule has 0 aromatic rings. The van der Waals surface area contributed by atoms with E-state index < -0.39 is 23.6 Å². The van der Waals surface area contributed by atoms with E-state index in [4.69, 9.17) is 4.74 Å². The van der Waals surface area contributed by atoms with Gasteiger partial charge in [-0.25, -0.2) is 4.79 Å². The Kier molecular flexibility index (Phi) is 2.36. The predicted molar refractivity (Wildman–Crippen MR) is 44.2 cm³/mol. The van der Waals surface area contributed by atoms with Crippen molar-refractivity contribution < 1.29 is 19.1 Å². The molecule has 0 aromatic heterocycles. The van der Waals surface area contributed by atoms with Crippen LogP contribution in [0.25, 0.3) is 0 Å². The van der Waals surface area contributed by atoms with Gasteiger partial charge in [-0.3, -0.25) is 4.79 Å². The maximum atomic E-state index is 11.2. The minimum Gasteiger partial charge on any atom is -0.458 e. The standard InChI is InChI=1S/C8H11NO4/c1-8(2,3)13-7(11)5-6(10)9-4-12-5/h4-5H,1-3H3. The molecule has 0 radical (unpaired) electrons. The zero-order chi connectivity index (χ0) is 10.1. The van der Waals surface area contributed by atoms with Gasteiger partial charge in [0, 0.05) is 0 Å². The summed E-state index contributed by atoms with van der Waals surface area (Å²) in [7, 11) is 0. The Morgan fingerprint density at radius 3 is 2.62 bits per heavy atom. The van der Waals surface area contributed by atoms with E-state index in [1.54, 1.807) is 20.8 Å². The van der Waals surface area contributed by atoms with Gasteiger partial charge in [0.25, 0.3) is 6.10 Å². The molecule has 1 unspecified atom stereocenters. The quantitative estimate of drug-likeness (QED) is 0.435. The number of amides is 1. The van der Waals surface area contributed by atoms with Gasteiger partial charge in [-0.1, -0.05) is 0 Å². The molecule has 5 heteroatoms. The molecule has 0 fully saturated rings. The molecule has 0 aromatic carbocycles. The third-order valence-corrected chi connectivity index (χ3v) is 1.22. The van der Waals surface area contributed by atoms with Crippen molar-refractivity contribution in [3.8, 4) is 0 Å². The first-order chi connectivity index (χ1) is 5.90. The number of carbonyl (C=O) groups is 2. The number of rotatable bonds is 1. The Bertz CT molecular complexity index is 264. The molecule has 0 bridgehead atoms. The molecule has 1 aliphatic heterocycles. The fourth-order valence-electron chi connectivity index (χ4n) is 0.781. The van der Waals surface area contributed by atoms with E-state index >= 15 is 0 Å². The van der Waals surface area contributed by atoms with Crippen LogP contribution in [0, 0.1) is 0 Å². The van der Waals surface area contributed by atoms with Gasteiger partial charge in [-0.15, -0.1) is 0 Å². The molecular formula is C8H11NO4. The van der Waals surface area contributed by atoms with Crippen LogP contribution in [0.1, 0.15) is 20.8 Å². The van der Waals surface area contributed by atoms with Crippen LogP contribution in [0.5, 0.6) is 0 Å². The third-order valence-electron chi connectivity index (χ3n) is 1.22. The van der Waals surface area contributed by atoms with Crippen LogP contribution in [0.15, 0.2) is 4.99 Å². The number of aliphatic imine (C=N–C) groups is 1. The number of nitrogens with zero attached hydrogens (tertiary/aromatic N) is 1. The minimum absolute atomic E-state index is 0.616. The first-order valence-corrected chi connectivity index (χ1v) is 3.85. The van der Waals surface area contributed by atoms with Gasteiger partial charge < -0.3 is 9.47 Å². The highest BCUT2D eigenvalue weighted by molar-refractivity contribution is 6.06. The van der Waals surface area contributed by atoms with E-state index in [0.29, 0.717) is 0 Å². The van der Waals surface area contributed by atoms with Crippen molar-refractivity contribution in [2.24, 2.45) is 4.99 Å². The number of ether oxygens (including phenoxy) is 2. The lowest BCUT2D eigenvalue weighted by atomic mass is 10.2. The number of hydrogen-bond acceptors (Lipinski definition) is 4. The maximum absolute atomic E-state index is 11.2. The van der Waals surface area contributed by atoms with Crippen molar-refractivity contribution in [1.29, 1.82) is 0 Å². The molecule has 1 rings (SSSR count). The Labute approximate surface area is 75.7 Å². The molecule has 1 heterocycles. The molecule has 13 heavy (non-hydrogen) atoms. The zero-order valence-corrected chi connectivity index (χ0v) is 7.73. The average molecular weight is 185 g/mol. The largest absolute Gasteiger partial charge is 0.458 e. The summed E-state index contributed by atoms with van der Waals surface area (Å²) in [4.78, 5) is 25.4. The molecule has 1 amide bonds. The van der Waals surface area contributed by atoms with Crippen LogP contribution >= 0.6 is 0 Å². The third kappa shape index (κ3) is 2.54. The van der Waals surface area contributed by atoms with E-state index in [1.165, 1.54) is 0 Å². The summed E-state index contributed by atoms with van der Waals surface area (Å²) in [5.41, 5.74) is -0.622. The van der Waals surface area contributed by atoms with Crippen LogP contribution in [0.4, 0.5) is 0 Å². The van der Waals surface area contributed by atoms with Gasteiger partial charge in [-0.2, -0.15) is 4.99 Å². The van der Waals surface area contributed by atoms with Crippen LogP contribution in [0.3, 0.4) is 0 Å². The summed E-state index contributed by atoms with van der Waals surface area (Å²) in [5.74, 6) is -1.32. The first kappa shape index (κ1) is 9.70.